The summed E-state index contributed by atoms with van der Waals surface area (Å²) in [5, 5.41) is 6.42. The first-order chi connectivity index (χ1) is 11.8. The number of hydrogen-bond acceptors (Lipinski definition) is 6. The summed E-state index contributed by atoms with van der Waals surface area (Å²) < 4.78 is 0. The van der Waals surface area contributed by atoms with Crippen molar-refractivity contribution >= 4 is 56.3 Å². The minimum Gasteiger partial charge on any atom is -0.228 e. The van der Waals surface area contributed by atoms with Crippen LogP contribution in [0.4, 0.5) is 0 Å². The van der Waals surface area contributed by atoms with Gasteiger partial charge in [-0.15, -0.1) is 0 Å². The van der Waals surface area contributed by atoms with E-state index in [4.69, 9.17) is 24.4 Å². The smallest absolute Gasteiger partial charge is 0.0729 e. The topological polar surface area (TPSA) is 24.7 Å². The van der Waals surface area contributed by atoms with Gasteiger partial charge < -0.3 is 0 Å². The summed E-state index contributed by atoms with van der Waals surface area (Å²) in [6.45, 7) is 0. The zero-order valence-corrected chi connectivity index (χ0v) is 17.6. The minimum absolute atomic E-state index is 0.348. The van der Waals surface area contributed by atoms with E-state index in [2.05, 4.69) is 20.3 Å². The van der Waals surface area contributed by atoms with Crippen LogP contribution in [0.1, 0.15) is 77.0 Å². The van der Waals surface area contributed by atoms with Crippen LogP contribution in [0.25, 0.3) is 0 Å². The molecule has 0 amide bonds. The van der Waals surface area contributed by atoms with Crippen molar-refractivity contribution in [3.8, 4) is 0 Å². The molecule has 2 aliphatic carbocycles. The van der Waals surface area contributed by atoms with E-state index in [9.17, 15) is 0 Å². The highest BCUT2D eigenvalue weighted by Crippen LogP contribution is 2.42. The van der Waals surface area contributed by atoms with E-state index >= 15 is 0 Å². The van der Waals surface area contributed by atoms with Gasteiger partial charge in [0.15, 0.2) is 0 Å². The molecule has 4 atom stereocenters. The molecule has 6 heteroatoms. The van der Waals surface area contributed by atoms with Crippen LogP contribution in [-0.2, 0) is 0 Å². The molecule has 0 saturated heterocycles. The Morgan fingerprint density at radius 1 is 0.583 bits per heavy atom. The lowest BCUT2D eigenvalue weighted by Gasteiger charge is -2.29. The van der Waals surface area contributed by atoms with Gasteiger partial charge in [0.25, 0.3) is 0 Å². The van der Waals surface area contributed by atoms with E-state index in [0.717, 1.165) is 12.8 Å². The van der Waals surface area contributed by atoms with Crippen molar-refractivity contribution in [3.05, 3.63) is 0 Å². The van der Waals surface area contributed by atoms with Crippen LogP contribution in [0.15, 0.2) is 9.98 Å². The highest BCUT2D eigenvalue weighted by atomic mass is 33.1. The Bertz CT molecular complexity index is 416. The van der Waals surface area contributed by atoms with E-state index in [1.807, 2.05) is 21.6 Å². The summed E-state index contributed by atoms with van der Waals surface area (Å²) in [4.78, 5) is 9.00. The van der Waals surface area contributed by atoms with Crippen molar-refractivity contribution in [2.75, 3.05) is 0 Å². The van der Waals surface area contributed by atoms with Gasteiger partial charge in [-0.3, -0.25) is 0 Å². The minimum atomic E-state index is 0.348. The predicted molar refractivity (Wildman–Crippen MR) is 116 cm³/mol. The molecule has 0 heterocycles. The van der Waals surface area contributed by atoms with E-state index in [-0.39, 0.29) is 0 Å². The molecule has 2 rings (SSSR count). The van der Waals surface area contributed by atoms with Gasteiger partial charge in [0.2, 0.25) is 0 Å². The summed E-state index contributed by atoms with van der Waals surface area (Å²) in [6.07, 6.45) is 15.4. The molecule has 0 aromatic carbocycles. The van der Waals surface area contributed by atoms with E-state index < -0.39 is 0 Å². The Hall–Kier alpha value is 0.300. The fourth-order valence-electron chi connectivity index (χ4n) is 3.66. The van der Waals surface area contributed by atoms with Crippen molar-refractivity contribution in [3.63, 3.8) is 0 Å². The molecule has 0 spiro atoms. The van der Waals surface area contributed by atoms with Crippen LogP contribution in [-0.4, -0.2) is 32.9 Å². The molecule has 134 valence electrons. The first-order valence-corrected chi connectivity index (χ1v) is 12.4. The number of hydrogen-bond donors (Lipinski definition) is 0. The molecule has 2 saturated carbocycles. The number of thiocarbonyl (C=S) groups is 2. The lowest BCUT2D eigenvalue weighted by Crippen LogP contribution is -2.25. The Morgan fingerprint density at radius 2 is 0.958 bits per heavy atom. The van der Waals surface area contributed by atoms with Gasteiger partial charge in [-0.1, -0.05) is 73.0 Å². The Kier molecular flexibility index (Phi) is 10.8. The fraction of sp³-hybridized carbons (Fsp3) is 0.889. The predicted octanol–water partition coefficient (Wildman–Crippen LogP) is 6.76. The molecule has 0 radical (unpaired) electrons. The molecule has 0 aromatic rings. The number of isothiocyanates is 2. The maximum Gasteiger partial charge on any atom is 0.0729 e. The third-order valence-corrected chi connectivity index (χ3v) is 8.81. The molecule has 24 heavy (non-hydrogen) atoms. The summed E-state index contributed by atoms with van der Waals surface area (Å²) in [6, 6.07) is 0.697. The molecule has 0 bridgehead atoms. The molecule has 0 N–H and O–H groups in total. The van der Waals surface area contributed by atoms with Gasteiger partial charge in [-0.05, 0) is 50.1 Å². The van der Waals surface area contributed by atoms with Crippen molar-refractivity contribution in [1.82, 2.24) is 0 Å². The van der Waals surface area contributed by atoms with Crippen LogP contribution < -0.4 is 0 Å². The van der Waals surface area contributed by atoms with E-state index in [1.54, 1.807) is 0 Å². The summed E-state index contributed by atoms with van der Waals surface area (Å²) in [5.41, 5.74) is 0. The Morgan fingerprint density at radius 3 is 1.33 bits per heavy atom. The lowest BCUT2D eigenvalue weighted by atomic mass is 9.97. The molecular weight excluding hydrogens is 372 g/mol. The second-order valence-corrected chi connectivity index (χ2v) is 9.94. The molecule has 0 aromatic heterocycles. The maximum atomic E-state index is 4.89. The highest BCUT2D eigenvalue weighted by Gasteiger charge is 2.28. The quantitative estimate of drug-likeness (QED) is 0.289. The summed E-state index contributed by atoms with van der Waals surface area (Å²) in [5.74, 6) is 0. The van der Waals surface area contributed by atoms with Gasteiger partial charge >= 0.3 is 0 Å². The summed E-state index contributed by atoms with van der Waals surface area (Å²) in [7, 11) is 4.07. The van der Waals surface area contributed by atoms with Crippen LogP contribution in [0, 0.1) is 0 Å². The summed E-state index contributed by atoms with van der Waals surface area (Å²) >= 11 is 9.78. The lowest BCUT2D eigenvalue weighted by molar-refractivity contribution is 0.465. The van der Waals surface area contributed by atoms with Gasteiger partial charge in [-0.2, -0.15) is 0 Å². The number of nitrogens with zero attached hydrogens (tertiary/aromatic N) is 2. The third-order valence-electron chi connectivity index (χ3n) is 5.08. The molecule has 2 aliphatic rings. The van der Waals surface area contributed by atoms with Crippen LogP contribution >= 0.6 is 46.0 Å². The number of aliphatic imine (C=N–C) groups is 2. The molecule has 0 aliphatic heterocycles. The van der Waals surface area contributed by atoms with Crippen molar-refractivity contribution in [1.29, 1.82) is 0 Å². The molecule has 2 nitrogen and oxygen atoms in total. The van der Waals surface area contributed by atoms with Crippen molar-refractivity contribution in [2.24, 2.45) is 9.98 Å². The first-order valence-electron chi connectivity index (χ1n) is 9.31. The van der Waals surface area contributed by atoms with Crippen molar-refractivity contribution in [2.45, 2.75) is 99.6 Å². The third kappa shape index (κ3) is 7.27. The molecule has 0 unspecified atom stereocenters. The molecular formula is C18H28N2S4. The van der Waals surface area contributed by atoms with Crippen LogP contribution in [0.5, 0.6) is 0 Å². The normalized spacial score (nSPS) is 32.2. The van der Waals surface area contributed by atoms with Crippen molar-refractivity contribution < 1.29 is 0 Å². The van der Waals surface area contributed by atoms with Gasteiger partial charge in [0.05, 0.1) is 22.4 Å². The number of rotatable bonds is 5. The second kappa shape index (κ2) is 12.6. The SMILES string of the molecule is S=C=N[C@@H]1CCCCCC[C@H]1SS[C@@H]1CCCCCC[C@H]1N=C=S. The van der Waals surface area contributed by atoms with Gasteiger partial charge in [0, 0.05) is 10.5 Å². The largest absolute Gasteiger partial charge is 0.228 e. The molecule has 2 fully saturated rings. The van der Waals surface area contributed by atoms with Gasteiger partial charge in [0.1, 0.15) is 0 Å². The fourth-order valence-corrected chi connectivity index (χ4v) is 7.60. The average Bonchev–Trinajstić information content (AvgIpc) is 2.54. The van der Waals surface area contributed by atoms with Crippen LogP contribution in [0.3, 0.4) is 0 Å². The zero-order chi connectivity index (χ0) is 17.0. The van der Waals surface area contributed by atoms with E-state index in [0.29, 0.717) is 22.6 Å². The second-order valence-electron chi connectivity index (χ2n) is 6.83. The standard InChI is InChI=1S/C18H28N2S4/c21-13-19-15-9-5-1-3-7-11-17(15)23-24-18-12-8-4-2-6-10-16(18)20-14-22/h15-18H,1-12H2/t15-,16-,17-,18-/m1/s1. The Balaban J connectivity index is 1.97. The van der Waals surface area contributed by atoms with E-state index in [1.165, 1.54) is 64.2 Å². The highest BCUT2D eigenvalue weighted by molar-refractivity contribution is 8.77. The first kappa shape index (κ1) is 20.6. The van der Waals surface area contributed by atoms with Crippen LogP contribution in [0.2, 0.25) is 0 Å². The monoisotopic (exact) mass is 400 g/mol. The Labute approximate surface area is 165 Å². The average molecular weight is 401 g/mol. The van der Waals surface area contributed by atoms with Gasteiger partial charge in [-0.25, -0.2) is 9.98 Å². The maximum absolute atomic E-state index is 4.89. The zero-order valence-electron chi connectivity index (χ0n) is 14.3.